The number of para-hydroxylation sites is 2. The number of ether oxygens (including phenoxy) is 4. The number of aliphatic hydroxyl groups excluding tert-OH is 1. The molecule has 11 nitrogen and oxygen atoms in total. The summed E-state index contributed by atoms with van der Waals surface area (Å²) in [5, 5.41) is 15.7. The molecule has 2 heterocycles. The molecule has 0 radical (unpaired) electrons. The zero-order valence-electron chi connectivity index (χ0n) is 27.2. The van der Waals surface area contributed by atoms with Gasteiger partial charge in [0.15, 0.2) is 17.2 Å². The van der Waals surface area contributed by atoms with E-state index in [4.69, 9.17) is 18.9 Å². The first-order valence-corrected chi connectivity index (χ1v) is 16.0. The first kappa shape index (κ1) is 32.7. The number of nitrogens with one attached hydrogen (secondary N) is 2. The number of nitrogens with zero attached hydrogens (tertiary/aromatic N) is 2. The van der Waals surface area contributed by atoms with Gasteiger partial charge < -0.3 is 39.6 Å². The number of aliphatic hydroxyl groups is 1. The first-order chi connectivity index (χ1) is 23.3. The number of urea groups is 1. The quantitative estimate of drug-likeness (QED) is 0.185. The van der Waals surface area contributed by atoms with Gasteiger partial charge >= 0.3 is 6.03 Å². The van der Waals surface area contributed by atoms with E-state index in [9.17, 15) is 14.7 Å². The standard InChI is InChI=1S/C37H40N4O7/c1-24-19-41(25(2)22-42)36(43)30-10-7-11-31(39-37(44)38-27-14-17-32-33(18-27)46-23-45-32)35(30)48-34(24)21-40(3)20-26-12-15-29(16-13-26)47-28-8-5-4-6-9-28/h4-18,24-25,34,42H,19-23H2,1-3H3,(H2,38,39,44)/t24-,25-,34-/m1/s1. The number of likely N-dealkylation sites (N-methyl/N-ethyl adjacent to an activating group) is 1. The van der Waals surface area contributed by atoms with E-state index in [2.05, 4.69) is 15.5 Å². The SMILES string of the molecule is C[C@@H]1CN([C@H](C)CO)C(=O)c2cccc(NC(=O)Nc3ccc4c(c3)OCO4)c2O[C@@H]1CN(C)Cc1ccc(Oc2ccccc2)cc1. The van der Waals surface area contributed by atoms with Crippen LogP contribution in [0, 0.1) is 5.92 Å². The highest BCUT2D eigenvalue weighted by atomic mass is 16.7. The van der Waals surface area contributed by atoms with Crippen LogP contribution in [0.5, 0.6) is 28.7 Å². The predicted octanol–water partition coefficient (Wildman–Crippen LogP) is 6.20. The molecule has 0 saturated heterocycles. The lowest BCUT2D eigenvalue weighted by atomic mass is 9.99. The summed E-state index contributed by atoms with van der Waals surface area (Å²) in [6.07, 6.45) is -0.351. The molecule has 0 aromatic heterocycles. The Bertz CT molecular complexity index is 1730. The van der Waals surface area contributed by atoms with E-state index in [0.717, 1.165) is 17.1 Å². The monoisotopic (exact) mass is 652 g/mol. The zero-order valence-corrected chi connectivity index (χ0v) is 27.2. The van der Waals surface area contributed by atoms with Crippen LogP contribution < -0.4 is 29.6 Å². The number of hydrogen-bond donors (Lipinski definition) is 3. The third-order valence-corrected chi connectivity index (χ3v) is 8.42. The number of benzene rings is 4. The van der Waals surface area contributed by atoms with Crippen molar-refractivity contribution in [1.82, 2.24) is 9.80 Å². The Morgan fingerprint density at radius 3 is 2.50 bits per heavy atom. The van der Waals surface area contributed by atoms with Crippen molar-refractivity contribution in [3.63, 3.8) is 0 Å². The van der Waals surface area contributed by atoms with Crippen LogP contribution in [0.1, 0.15) is 29.8 Å². The van der Waals surface area contributed by atoms with Crippen molar-refractivity contribution in [3.05, 3.63) is 102 Å². The highest BCUT2D eigenvalue weighted by molar-refractivity contribution is 6.04. The van der Waals surface area contributed by atoms with Gasteiger partial charge in [0.05, 0.1) is 23.9 Å². The van der Waals surface area contributed by atoms with Crippen molar-refractivity contribution >= 4 is 23.3 Å². The predicted molar refractivity (Wildman–Crippen MR) is 182 cm³/mol. The van der Waals surface area contributed by atoms with Crippen LogP contribution >= 0.6 is 0 Å². The van der Waals surface area contributed by atoms with Gasteiger partial charge in [-0.05, 0) is 68.1 Å². The number of fused-ring (bicyclic) bond motifs is 2. The van der Waals surface area contributed by atoms with Gasteiger partial charge in [0.2, 0.25) is 6.79 Å². The molecule has 0 unspecified atom stereocenters. The number of hydrogen-bond acceptors (Lipinski definition) is 8. The summed E-state index contributed by atoms with van der Waals surface area (Å²) >= 11 is 0. The zero-order chi connectivity index (χ0) is 33.6. The summed E-state index contributed by atoms with van der Waals surface area (Å²) in [7, 11) is 2.02. The van der Waals surface area contributed by atoms with E-state index in [1.54, 1.807) is 41.3 Å². The Morgan fingerprint density at radius 2 is 1.73 bits per heavy atom. The molecule has 4 aromatic carbocycles. The molecule has 0 fully saturated rings. The Labute approximate surface area is 280 Å². The Kier molecular flexibility index (Phi) is 9.98. The molecule has 3 atom stereocenters. The summed E-state index contributed by atoms with van der Waals surface area (Å²) < 4.78 is 23.4. The minimum atomic E-state index is -0.512. The van der Waals surface area contributed by atoms with E-state index in [0.29, 0.717) is 48.1 Å². The summed E-state index contributed by atoms with van der Waals surface area (Å²) in [5.41, 5.74) is 2.28. The van der Waals surface area contributed by atoms with Gasteiger partial charge in [-0.1, -0.05) is 43.3 Å². The molecule has 6 rings (SSSR count). The molecule has 11 heteroatoms. The van der Waals surface area contributed by atoms with Gasteiger partial charge in [0.25, 0.3) is 5.91 Å². The molecule has 4 aromatic rings. The van der Waals surface area contributed by atoms with Crippen LogP contribution in [-0.2, 0) is 6.54 Å². The third-order valence-electron chi connectivity index (χ3n) is 8.42. The fourth-order valence-corrected chi connectivity index (χ4v) is 5.79. The van der Waals surface area contributed by atoms with Gasteiger partial charge in [0, 0.05) is 37.3 Å². The molecular formula is C37H40N4O7. The average Bonchev–Trinajstić information content (AvgIpc) is 3.56. The van der Waals surface area contributed by atoms with Crippen molar-refractivity contribution in [1.29, 1.82) is 0 Å². The van der Waals surface area contributed by atoms with Gasteiger partial charge in [0.1, 0.15) is 17.6 Å². The van der Waals surface area contributed by atoms with Crippen LogP contribution in [0.2, 0.25) is 0 Å². The molecule has 48 heavy (non-hydrogen) atoms. The van der Waals surface area contributed by atoms with Crippen molar-refractivity contribution < 1.29 is 33.6 Å². The van der Waals surface area contributed by atoms with E-state index in [1.165, 1.54) is 0 Å². The van der Waals surface area contributed by atoms with E-state index in [1.807, 2.05) is 75.5 Å². The molecular weight excluding hydrogens is 612 g/mol. The fraction of sp³-hybridized carbons (Fsp3) is 0.297. The molecule has 3 amide bonds. The number of amides is 3. The molecule has 0 saturated carbocycles. The highest BCUT2D eigenvalue weighted by Gasteiger charge is 2.34. The lowest BCUT2D eigenvalue weighted by molar-refractivity contribution is 0.0343. The second kappa shape index (κ2) is 14.7. The van der Waals surface area contributed by atoms with Crippen LogP contribution in [0.25, 0.3) is 0 Å². The Balaban J connectivity index is 1.19. The summed E-state index contributed by atoms with van der Waals surface area (Å²) in [5.74, 6) is 2.59. The second-order valence-electron chi connectivity index (χ2n) is 12.2. The first-order valence-electron chi connectivity index (χ1n) is 16.0. The van der Waals surface area contributed by atoms with Crippen LogP contribution in [0.3, 0.4) is 0 Å². The lowest BCUT2D eigenvalue weighted by Gasteiger charge is -2.38. The summed E-state index contributed by atoms with van der Waals surface area (Å²) in [4.78, 5) is 30.9. The Morgan fingerprint density at radius 1 is 0.979 bits per heavy atom. The van der Waals surface area contributed by atoms with Crippen LogP contribution in [-0.4, -0.2) is 72.5 Å². The highest BCUT2D eigenvalue weighted by Crippen LogP contribution is 2.36. The average molecular weight is 653 g/mol. The molecule has 2 aliphatic rings. The van der Waals surface area contributed by atoms with Crippen molar-refractivity contribution in [3.8, 4) is 28.7 Å². The minimum absolute atomic E-state index is 0.101. The Hall–Kier alpha value is -5.26. The largest absolute Gasteiger partial charge is 0.486 e. The second-order valence-corrected chi connectivity index (χ2v) is 12.2. The summed E-state index contributed by atoms with van der Waals surface area (Å²) in [6.45, 7) is 5.38. The van der Waals surface area contributed by atoms with E-state index in [-0.39, 0.29) is 37.1 Å². The van der Waals surface area contributed by atoms with Gasteiger partial charge in [-0.15, -0.1) is 0 Å². The number of carbonyl (C=O) groups excluding carboxylic acids is 2. The topological polar surface area (TPSA) is 122 Å². The molecule has 0 bridgehead atoms. The third kappa shape index (κ3) is 7.64. The number of carbonyl (C=O) groups is 2. The van der Waals surface area contributed by atoms with Gasteiger partial charge in [-0.3, -0.25) is 9.69 Å². The van der Waals surface area contributed by atoms with Crippen molar-refractivity contribution in [2.45, 2.75) is 32.5 Å². The maximum absolute atomic E-state index is 13.8. The fourth-order valence-electron chi connectivity index (χ4n) is 5.79. The van der Waals surface area contributed by atoms with E-state index < -0.39 is 12.1 Å². The molecule has 0 spiro atoms. The van der Waals surface area contributed by atoms with Gasteiger partial charge in [-0.25, -0.2) is 4.79 Å². The normalized spacial score (nSPS) is 17.5. The maximum atomic E-state index is 13.8. The molecule has 0 aliphatic carbocycles. The van der Waals surface area contributed by atoms with Crippen molar-refractivity contribution in [2.24, 2.45) is 5.92 Å². The van der Waals surface area contributed by atoms with Crippen LogP contribution in [0.4, 0.5) is 16.2 Å². The molecule has 2 aliphatic heterocycles. The molecule has 3 N–H and O–H groups in total. The summed E-state index contributed by atoms with van der Waals surface area (Å²) in [6, 6.07) is 26.9. The maximum Gasteiger partial charge on any atom is 0.323 e. The van der Waals surface area contributed by atoms with E-state index >= 15 is 0 Å². The lowest BCUT2D eigenvalue weighted by Crippen LogP contribution is -2.49. The minimum Gasteiger partial charge on any atom is -0.486 e. The smallest absolute Gasteiger partial charge is 0.323 e. The number of anilines is 2. The number of rotatable bonds is 10. The van der Waals surface area contributed by atoms with Crippen LogP contribution in [0.15, 0.2) is 91.0 Å². The van der Waals surface area contributed by atoms with Gasteiger partial charge in [-0.2, -0.15) is 0 Å². The van der Waals surface area contributed by atoms with Crippen molar-refractivity contribution in [2.75, 3.05) is 44.2 Å². The molecule has 250 valence electrons.